The highest BCUT2D eigenvalue weighted by atomic mass is 127. The minimum Gasteiger partial charge on any atom is -0.310 e. The molecule has 0 bridgehead atoms. The average Bonchev–Trinajstić information content (AvgIpc) is 2.25. The molecule has 1 aromatic rings. The van der Waals surface area contributed by atoms with Gasteiger partial charge in [0.15, 0.2) is 0 Å². The van der Waals surface area contributed by atoms with Crippen LogP contribution in [0.3, 0.4) is 0 Å². The van der Waals surface area contributed by atoms with E-state index in [1.807, 2.05) is 0 Å². The van der Waals surface area contributed by atoms with Crippen LogP contribution in [-0.2, 0) is 0 Å². The summed E-state index contributed by atoms with van der Waals surface area (Å²) >= 11 is 6.10. The Kier molecular flexibility index (Phi) is 5.30. The molecule has 0 aliphatic heterocycles. The fourth-order valence-corrected chi connectivity index (χ4v) is 3.37. The first-order valence-electron chi connectivity index (χ1n) is 6.40. The molecule has 0 heterocycles. The summed E-state index contributed by atoms with van der Waals surface area (Å²) in [5, 5.41) is 3.72. The largest absolute Gasteiger partial charge is 0.310 e. The number of hydrogen-bond donors (Lipinski definition) is 1. The predicted molar refractivity (Wildman–Crippen MR) is 85.2 cm³/mol. The van der Waals surface area contributed by atoms with Crippen LogP contribution in [0.15, 0.2) is 22.7 Å². The maximum atomic E-state index is 3.72. The highest BCUT2D eigenvalue weighted by Gasteiger charge is 2.29. The molecule has 0 spiro atoms. The van der Waals surface area contributed by atoms with Gasteiger partial charge in [-0.3, -0.25) is 0 Å². The Morgan fingerprint density at radius 2 is 2.24 bits per heavy atom. The summed E-state index contributed by atoms with van der Waals surface area (Å²) in [6, 6.07) is 7.19. The van der Waals surface area contributed by atoms with Crippen LogP contribution in [0.25, 0.3) is 0 Å². The zero-order valence-electron chi connectivity index (χ0n) is 10.2. The second-order valence-corrected chi connectivity index (χ2v) is 6.89. The van der Waals surface area contributed by atoms with Crippen molar-refractivity contribution >= 4 is 38.5 Å². The van der Waals surface area contributed by atoms with E-state index in [1.165, 1.54) is 39.3 Å². The van der Waals surface area contributed by atoms with Gasteiger partial charge in [-0.2, -0.15) is 0 Å². The van der Waals surface area contributed by atoms with Crippen LogP contribution < -0.4 is 5.32 Å². The van der Waals surface area contributed by atoms with E-state index in [0.717, 1.165) is 12.5 Å². The van der Waals surface area contributed by atoms with Gasteiger partial charge in [0.05, 0.1) is 0 Å². The number of rotatable bonds is 5. The van der Waals surface area contributed by atoms with Gasteiger partial charge in [0.1, 0.15) is 0 Å². The summed E-state index contributed by atoms with van der Waals surface area (Å²) in [4.78, 5) is 0. The third kappa shape index (κ3) is 3.44. The SMILES string of the molecule is CCCNC(c1cc(I)ccc1Br)C1CCC1. The lowest BCUT2D eigenvalue weighted by Crippen LogP contribution is -2.33. The molecule has 1 aliphatic rings. The third-order valence-corrected chi connectivity index (χ3v) is 4.92. The Morgan fingerprint density at radius 1 is 1.47 bits per heavy atom. The van der Waals surface area contributed by atoms with Gasteiger partial charge in [0.25, 0.3) is 0 Å². The zero-order chi connectivity index (χ0) is 12.3. The van der Waals surface area contributed by atoms with Gasteiger partial charge >= 0.3 is 0 Å². The molecular weight excluding hydrogens is 389 g/mol. The van der Waals surface area contributed by atoms with E-state index in [-0.39, 0.29) is 0 Å². The number of hydrogen-bond acceptors (Lipinski definition) is 1. The van der Waals surface area contributed by atoms with Crippen molar-refractivity contribution in [2.24, 2.45) is 5.92 Å². The molecule has 0 amide bonds. The number of halogens is 2. The average molecular weight is 408 g/mol. The maximum Gasteiger partial charge on any atom is 0.0360 e. The van der Waals surface area contributed by atoms with E-state index in [9.17, 15) is 0 Å². The molecule has 1 saturated carbocycles. The summed E-state index contributed by atoms with van der Waals surface area (Å²) < 4.78 is 2.57. The van der Waals surface area contributed by atoms with Gasteiger partial charge in [0, 0.05) is 14.1 Å². The van der Waals surface area contributed by atoms with Gasteiger partial charge in [0.2, 0.25) is 0 Å². The lowest BCUT2D eigenvalue weighted by atomic mass is 9.77. The van der Waals surface area contributed by atoms with E-state index in [2.05, 4.69) is 69.0 Å². The highest BCUT2D eigenvalue weighted by Crippen LogP contribution is 2.40. The van der Waals surface area contributed by atoms with Gasteiger partial charge in [-0.15, -0.1) is 0 Å². The summed E-state index contributed by atoms with van der Waals surface area (Å²) in [6.45, 7) is 3.34. The van der Waals surface area contributed by atoms with Crippen molar-refractivity contribution in [1.29, 1.82) is 0 Å². The Morgan fingerprint density at radius 3 is 2.82 bits per heavy atom. The molecule has 1 nitrogen and oxygen atoms in total. The van der Waals surface area contributed by atoms with Gasteiger partial charge in [-0.1, -0.05) is 29.3 Å². The fourth-order valence-electron chi connectivity index (χ4n) is 2.36. The number of nitrogens with one attached hydrogen (secondary N) is 1. The molecule has 1 N–H and O–H groups in total. The first kappa shape index (κ1) is 13.8. The second kappa shape index (κ2) is 6.53. The Balaban J connectivity index is 2.20. The third-order valence-electron chi connectivity index (χ3n) is 3.53. The van der Waals surface area contributed by atoms with Crippen molar-refractivity contribution in [1.82, 2.24) is 5.32 Å². The lowest BCUT2D eigenvalue weighted by molar-refractivity contribution is 0.230. The van der Waals surface area contributed by atoms with Crippen LogP contribution in [0, 0.1) is 9.49 Å². The quantitative estimate of drug-likeness (QED) is 0.685. The van der Waals surface area contributed by atoms with Crippen molar-refractivity contribution in [2.45, 2.75) is 38.6 Å². The summed E-state index contributed by atoms with van der Waals surface area (Å²) in [7, 11) is 0. The Hall–Kier alpha value is 0.390. The van der Waals surface area contributed by atoms with E-state index < -0.39 is 0 Å². The molecule has 17 heavy (non-hydrogen) atoms. The van der Waals surface area contributed by atoms with E-state index in [0.29, 0.717) is 6.04 Å². The molecule has 1 aromatic carbocycles. The Bertz CT molecular complexity index is 376. The molecule has 1 aliphatic carbocycles. The minimum absolute atomic E-state index is 0.535. The topological polar surface area (TPSA) is 12.0 Å². The fraction of sp³-hybridized carbons (Fsp3) is 0.571. The minimum atomic E-state index is 0.535. The van der Waals surface area contributed by atoms with Crippen molar-refractivity contribution in [3.63, 3.8) is 0 Å². The lowest BCUT2D eigenvalue weighted by Gasteiger charge is -2.35. The molecule has 0 radical (unpaired) electrons. The normalized spacial score (nSPS) is 17.8. The van der Waals surface area contributed by atoms with Gasteiger partial charge < -0.3 is 5.32 Å². The van der Waals surface area contributed by atoms with Gasteiger partial charge in [-0.05, 0) is 78.1 Å². The first-order valence-corrected chi connectivity index (χ1v) is 8.28. The van der Waals surface area contributed by atoms with Crippen LogP contribution in [-0.4, -0.2) is 6.54 Å². The smallest absolute Gasteiger partial charge is 0.0360 e. The van der Waals surface area contributed by atoms with Crippen LogP contribution >= 0.6 is 38.5 Å². The van der Waals surface area contributed by atoms with Crippen LogP contribution in [0.4, 0.5) is 0 Å². The maximum absolute atomic E-state index is 3.72. The van der Waals surface area contributed by atoms with Crippen LogP contribution in [0.1, 0.15) is 44.2 Å². The highest BCUT2D eigenvalue weighted by molar-refractivity contribution is 14.1. The van der Waals surface area contributed by atoms with Crippen molar-refractivity contribution in [3.05, 3.63) is 31.8 Å². The standard InChI is InChI=1S/C14H19BrIN/c1-2-8-17-14(10-4-3-5-10)12-9-11(16)6-7-13(12)15/h6-7,9-10,14,17H,2-5,8H2,1H3. The van der Waals surface area contributed by atoms with Crippen LogP contribution in [0.2, 0.25) is 0 Å². The second-order valence-electron chi connectivity index (χ2n) is 4.79. The molecule has 1 fully saturated rings. The van der Waals surface area contributed by atoms with Crippen molar-refractivity contribution < 1.29 is 0 Å². The summed E-state index contributed by atoms with van der Waals surface area (Å²) in [5.41, 5.74) is 1.44. The molecular formula is C14H19BrIN. The summed E-state index contributed by atoms with van der Waals surface area (Å²) in [6.07, 6.45) is 5.35. The molecule has 1 atom stereocenters. The van der Waals surface area contributed by atoms with E-state index >= 15 is 0 Å². The summed E-state index contributed by atoms with van der Waals surface area (Å²) in [5.74, 6) is 0.830. The van der Waals surface area contributed by atoms with Crippen molar-refractivity contribution in [3.8, 4) is 0 Å². The van der Waals surface area contributed by atoms with Crippen molar-refractivity contribution in [2.75, 3.05) is 6.54 Å². The monoisotopic (exact) mass is 407 g/mol. The van der Waals surface area contributed by atoms with Crippen LogP contribution in [0.5, 0.6) is 0 Å². The number of benzene rings is 1. The van der Waals surface area contributed by atoms with E-state index in [4.69, 9.17) is 0 Å². The molecule has 0 saturated heterocycles. The predicted octanol–water partition coefficient (Wildman–Crippen LogP) is 4.89. The van der Waals surface area contributed by atoms with Gasteiger partial charge in [-0.25, -0.2) is 0 Å². The van der Waals surface area contributed by atoms with E-state index in [1.54, 1.807) is 0 Å². The molecule has 0 aromatic heterocycles. The Labute approximate surface area is 126 Å². The molecule has 3 heteroatoms. The zero-order valence-corrected chi connectivity index (χ0v) is 13.9. The first-order chi connectivity index (χ1) is 8.22. The molecule has 1 unspecified atom stereocenters. The molecule has 94 valence electrons. The molecule has 2 rings (SSSR count).